The van der Waals surface area contributed by atoms with Crippen molar-refractivity contribution in [2.24, 2.45) is 0 Å². The molecule has 0 bridgehead atoms. The Morgan fingerprint density at radius 2 is 1.73 bits per heavy atom. The third-order valence-corrected chi connectivity index (χ3v) is 6.11. The van der Waals surface area contributed by atoms with Crippen molar-refractivity contribution in [2.45, 2.75) is 32.7 Å². The molecule has 1 aliphatic rings. The van der Waals surface area contributed by atoms with Crippen molar-refractivity contribution in [3.8, 4) is 5.69 Å². The van der Waals surface area contributed by atoms with Gasteiger partial charge in [0.1, 0.15) is 12.6 Å². The number of urea groups is 1. The zero-order valence-electron chi connectivity index (χ0n) is 19.9. The Bertz CT molecular complexity index is 1150. The Morgan fingerprint density at radius 1 is 0.970 bits per heavy atom. The monoisotopic (exact) mass is 444 g/mol. The molecule has 0 saturated heterocycles. The number of anilines is 1. The molecule has 172 valence electrons. The highest BCUT2D eigenvalue weighted by atomic mass is 16.2. The van der Waals surface area contributed by atoms with E-state index < -0.39 is 0 Å². The number of unbranched alkanes of at least 4 members (excludes halogenated alkanes) is 1. The van der Waals surface area contributed by atoms with E-state index in [1.54, 1.807) is 19.0 Å². The predicted molar refractivity (Wildman–Crippen MR) is 132 cm³/mol. The highest BCUT2D eigenvalue weighted by Crippen LogP contribution is 2.42. The average Bonchev–Trinajstić information content (AvgIpc) is 3.30. The van der Waals surface area contributed by atoms with E-state index in [0.717, 1.165) is 41.0 Å². The molecule has 0 aliphatic carbocycles. The molecule has 1 atom stereocenters. The summed E-state index contributed by atoms with van der Waals surface area (Å²) in [5, 5.41) is 0. The lowest BCUT2D eigenvalue weighted by molar-refractivity contribution is -0.119. The topological polar surface area (TPSA) is 48.8 Å². The van der Waals surface area contributed by atoms with Crippen LogP contribution in [0.2, 0.25) is 0 Å². The minimum Gasteiger partial charge on any atom is -0.331 e. The molecule has 1 aliphatic heterocycles. The van der Waals surface area contributed by atoms with Crippen molar-refractivity contribution in [1.82, 2.24) is 14.4 Å². The number of aryl methyl sites for hydroxylation is 1. The summed E-state index contributed by atoms with van der Waals surface area (Å²) in [5.74, 6) is -0.0901. The summed E-state index contributed by atoms with van der Waals surface area (Å²) in [6.07, 6.45) is 3.85. The van der Waals surface area contributed by atoms with E-state index in [1.807, 2.05) is 47.5 Å². The van der Waals surface area contributed by atoms with Crippen molar-refractivity contribution in [3.63, 3.8) is 0 Å². The van der Waals surface area contributed by atoms with Gasteiger partial charge in [-0.1, -0.05) is 55.3 Å². The van der Waals surface area contributed by atoms with Crippen LogP contribution >= 0.6 is 0 Å². The van der Waals surface area contributed by atoms with Crippen LogP contribution in [0.1, 0.15) is 42.6 Å². The molecule has 2 heterocycles. The van der Waals surface area contributed by atoms with Crippen molar-refractivity contribution in [1.29, 1.82) is 0 Å². The summed E-state index contributed by atoms with van der Waals surface area (Å²) >= 11 is 0. The summed E-state index contributed by atoms with van der Waals surface area (Å²) in [4.78, 5) is 31.9. The quantitative estimate of drug-likeness (QED) is 0.537. The first-order valence-corrected chi connectivity index (χ1v) is 11.5. The van der Waals surface area contributed by atoms with Crippen molar-refractivity contribution < 1.29 is 9.59 Å². The second kappa shape index (κ2) is 9.53. The number of rotatable bonds is 6. The van der Waals surface area contributed by atoms with Gasteiger partial charge in [0.2, 0.25) is 5.91 Å². The van der Waals surface area contributed by atoms with Gasteiger partial charge in [-0.15, -0.1) is 0 Å². The van der Waals surface area contributed by atoms with E-state index >= 15 is 0 Å². The largest absolute Gasteiger partial charge is 0.331 e. The first kappa shape index (κ1) is 22.6. The maximum Gasteiger partial charge on any atom is 0.319 e. The molecule has 1 aromatic heterocycles. The molecule has 3 aromatic rings. The number of para-hydroxylation sites is 2. The molecule has 0 fully saturated rings. The lowest BCUT2D eigenvalue weighted by Gasteiger charge is -2.39. The first-order chi connectivity index (χ1) is 15.9. The second-order valence-corrected chi connectivity index (χ2v) is 8.82. The third-order valence-electron chi connectivity index (χ3n) is 6.11. The van der Waals surface area contributed by atoms with Crippen LogP contribution in [0.3, 0.4) is 0 Å². The molecular formula is C27H32N4O2. The average molecular weight is 445 g/mol. The van der Waals surface area contributed by atoms with E-state index in [1.165, 1.54) is 4.90 Å². The van der Waals surface area contributed by atoms with Gasteiger partial charge >= 0.3 is 6.03 Å². The van der Waals surface area contributed by atoms with Crippen LogP contribution in [0.15, 0.2) is 66.9 Å². The molecule has 0 spiro atoms. The predicted octanol–water partition coefficient (Wildman–Crippen LogP) is 5.01. The highest BCUT2D eigenvalue weighted by molar-refractivity contribution is 6.00. The van der Waals surface area contributed by atoms with Gasteiger partial charge < -0.3 is 14.4 Å². The van der Waals surface area contributed by atoms with Crippen molar-refractivity contribution in [3.05, 3.63) is 83.7 Å². The van der Waals surface area contributed by atoms with Gasteiger partial charge in [-0.3, -0.25) is 9.69 Å². The van der Waals surface area contributed by atoms with Gasteiger partial charge in [-0.05, 0) is 43.2 Å². The van der Waals surface area contributed by atoms with Crippen molar-refractivity contribution in [2.75, 3.05) is 32.1 Å². The summed E-state index contributed by atoms with van der Waals surface area (Å²) in [5.41, 5.74) is 5.05. The van der Waals surface area contributed by atoms with E-state index in [0.29, 0.717) is 6.54 Å². The molecule has 1 unspecified atom stereocenters. The van der Waals surface area contributed by atoms with Crippen LogP contribution in [0.25, 0.3) is 5.69 Å². The fourth-order valence-corrected chi connectivity index (χ4v) is 4.53. The van der Waals surface area contributed by atoms with Gasteiger partial charge in [0.25, 0.3) is 0 Å². The summed E-state index contributed by atoms with van der Waals surface area (Å²) in [6.45, 7) is 4.74. The summed E-state index contributed by atoms with van der Waals surface area (Å²) in [6, 6.07) is 19.9. The molecule has 2 aromatic carbocycles. The standard InChI is InChI=1S/C27H32N4O2/c1-5-6-16-29(27(33)28(3)4)19-25(32)31-23-14-8-7-13-22(23)30-17-10-15-24(30)26(31)21-12-9-11-20(2)18-21/h7-15,17-18,26H,5-6,16,19H2,1-4H3. The van der Waals surface area contributed by atoms with E-state index in [4.69, 9.17) is 0 Å². The summed E-state index contributed by atoms with van der Waals surface area (Å²) < 4.78 is 2.16. The minimum absolute atomic E-state index is 0.0361. The maximum atomic E-state index is 14.0. The van der Waals surface area contributed by atoms with Crippen LogP contribution in [0, 0.1) is 6.92 Å². The third kappa shape index (κ3) is 4.38. The Labute approximate surface area is 196 Å². The van der Waals surface area contributed by atoms with Gasteiger partial charge in [-0.25, -0.2) is 4.79 Å². The SMILES string of the molecule is CCCCN(CC(=O)N1c2ccccc2-n2cccc2C1c1cccc(C)c1)C(=O)N(C)C. The van der Waals surface area contributed by atoms with E-state index in [-0.39, 0.29) is 24.5 Å². The van der Waals surface area contributed by atoms with Crippen LogP contribution in [0.5, 0.6) is 0 Å². The fourth-order valence-electron chi connectivity index (χ4n) is 4.53. The smallest absolute Gasteiger partial charge is 0.319 e. The lowest BCUT2D eigenvalue weighted by Crippen LogP contribution is -2.49. The second-order valence-electron chi connectivity index (χ2n) is 8.82. The van der Waals surface area contributed by atoms with Gasteiger partial charge in [0, 0.05) is 26.8 Å². The number of carbonyl (C=O) groups is 2. The Hall–Kier alpha value is -3.54. The number of nitrogens with zero attached hydrogens (tertiary/aromatic N) is 4. The Morgan fingerprint density at radius 3 is 2.42 bits per heavy atom. The Balaban J connectivity index is 1.79. The molecule has 33 heavy (non-hydrogen) atoms. The summed E-state index contributed by atoms with van der Waals surface area (Å²) in [7, 11) is 3.45. The van der Waals surface area contributed by atoms with Gasteiger partial charge in [0.15, 0.2) is 0 Å². The number of amides is 3. The number of hydrogen-bond donors (Lipinski definition) is 0. The van der Waals surface area contributed by atoms with Crippen molar-refractivity contribution >= 4 is 17.6 Å². The number of aromatic nitrogens is 1. The van der Waals surface area contributed by atoms with Crippen LogP contribution < -0.4 is 4.90 Å². The highest BCUT2D eigenvalue weighted by Gasteiger charge is 2.37. The number of hydrogen-bond acceptors (Lipinski definition) is 2. The molecule has 0 radical (unpaired) electrons. The van der Waals surface area contributed by atoms with Crippen LogP contribution in [0.4, 0.5) is 10.5 Å². The zero-order chi connectivity index (χ0) is 23.5. The van der Waals surface area contributed by atoms with Gasteiger partial charge in [0.05, 0.1) is 17.1 Å². The Kier molecular flexibility index (Phi) is 6.54. The normalized spacial score (nSPS) is 14.4. The molecule has 3 amide bonds. The number of benzene rings is 2. The molecule has 6 nitrogen and oxygen atoms in total. The van der Waals surface area contributed by atoms with Crippen LogP contribution in [-0.4, -0.2) is 53.5 Å². The minimum atomic E-state index is -0.273. The molecule has 0 N–H and O–H groups in total. The van der Waals surface area contributed by atoms with E-state index in [9.17, 15) is 9.59 Å². The first-order valence-electron chi connectivity index (χ1n) is 11.5. The lowest BCUT2D eigenvalue weighted by atomic mass is 9.96. The van der Waals surface area contributed by atoms with Crippen LogP contribution in [-0.2, 0) is 4.79 Å². The van der Waals surface area contributed by atoms with E-state index in [2.05, 4.69) is 42.7 Å². The van der Waals surface area contributed by atoms with Gasteiger partial charge in [-0.2, -0.15) is 0 Å². The maximum absolute atomic E-state index is 14.0. The zero-order valence-corrected chi connectivity index (χ0v) is 19.9. The number of carbonyl (C=O) groups excluding carboxylic acids is 2. The molecule has 0 saturated carbocycles. The fraction of sp³-hybridized carbons (Fsp3) is 0.333. The number of fused-ring (bicyclic) bond motifs is 3. The molecular weight excluding hydrogens is 412 g/mol. The molecule has 6 heteroatoms. The molecule has 4 rings (SSSR count).